The maximum absolute atomic E-state index is 12.9. The van der Waals surface area contributed by atoms with E-state index in [1.165, 1.54) is 11.5 Å². The van der Waals surface area contributed by atoms with Gasteiger partial charge in [-0.25, -0.2) is 0 Å². The Morgan fingerprint density at radius 3 is 2.45 bits per heavy atom. The zero-order valence-electron chi connectivity index (χ0n) is 15.7. The largest absolute Gasteiger partial charge is 0.300 e. The minimum Gasteiger partial charge on any atom is -0.294 e. The molecule has 0 N–H and O–H groups in total. The van der Waals surface area contributed by atoms with E-state index in [2.05, 4.69) is 0 Å². The molecule has 0 fully saturated rings. The maximum atomic E-state index is 12.9. The minimum atomic E-state index is -0.714. The zero-order chi connectivity index (χ0) is 20.8. The van der Waals surface area contributed by atoms with Crippen LogP contribution in [0.25, 0.3) is 16.8 Å². The number of nitrogens with zero attached hydrogens (tertiary/aromatic N) is 2. The number of aryl methyl sites for hydroxylation is 1. The monoisotopic (exact) mass is 460 g/mol. The average molecular weight is 461 g/mol. The third-order valence-electron chi connectivity index (χ3n) is 5.56. The van der Waals surface area contributed by atoms with Crippen LogP contribution in [-0.2, 0) is 10.3 Å². The van der Waals surface area contributed by atoms with Gasteiger partial charge >= 0.3 is 0 Å². The second-order valence-corrected chi connectivity index (χ2v) is 9.83. The molecule has 0 spiro atoms. The number of carbonyl (C=O) groups is 2. The molecule has 1 amide bonds. The number of hydrogen-bond acceptors (Lipinski definition) is 4. The molecule has 2 aliphatic heterocycles. The molecular weight excluding hydrogens is 447 g/mol. The summed E-state index contributed by atoms with van der Waals surface area (Å²) in [7, 11) is 0. The molecule has 0 saturated carbocycles. The molecule has 0 atom stereocenters. The van der Waals surface area contributed by atoms with Crippen molar-refractivity contribution in [1.29, 1.82) is 0 Å². The van der Waals surface area contributed by atoms with E-state index in [0.29, 0.717) is 25.9 Å². The number of carbonyl (C=O) groups excluding carboxylic acids is 2. The first-order valence-corrected chi connectivity index (χ1v) is 10.8. The SMILES string of the molecule is Cc1ccc2c3c1C(=O)C(=O)N3C(C)(C)c1sn(-c3ccc(Cl)c(Cl)c3)c(=S)c1-2. The Hall–Kier alpha value is -1.99. The van der Waals surface area contributed by atoms with Crippen LogP contribution in [0.3, 0.4) is 0 Å². The van der Waals surface area contributed by atoms with E-state index >= 15 is 0 Å². The lowest BCUT2D eigenvalue weighted by Crippen LogP contribution is -2.46. The summed E-state index contributed by atoms with van der Waals surface area (Å²) in [5.74, 6) is -0.947. The molecule has 0 bridgehead atoms. The summed E-state index contributed by atoms with van der Waals surface area (Å²) in [6, 6.07) is 9.19. The van der Waals surface area contributed by atoms with Crippen molar-refractivity contribution >= 4 is 64.3 Å². The van der Waals surface area contributed by atoms with Crippen LogP contribution in [0.2, 0.25) is 10.0 Å². The van der Waals surface area contributed by atoms with Gasteiger partial charge in [0.15, 0.2) is 0 Å². The van der Waals surface area contributed by atoms with Crippen molar-refractivity contribution in [3.63, 3.8) is 0 Å². The Labute approximate surface area is 186 Å². The molecule has 8 heteroatoms. The van der Waals surface area contributed by atoms with E-state index in [4.69, 9.17) is 35.4 Å². The molecule has 0 radical (unpaired) electrons. The van der Waals surface area contributed by atoms with Gasteiger partial charge in [0.1, 0.15) is 4.64 Å². The van der Waals surface area contributed by atoms with E-state index in [1.54, 1.807) is 17.0 Å². The zero-order valence-corrected chi connectivity index (χ0v) is 18.8. The van der Waals surface area contributed by atoms with Crippen molar-refractivity contribution in [2.75, 3.05) is 4.90 Å². The van der Waals surface area contributed by atoms with Gasteiger partial charge in [-0.2, -0.15) is 0 Å². The highest BCUT2D eigenvalue weighted by molar-refractivity contribution is 7.71. The van der Waals surface area contributed by atoms with E-state index in [0.717, 1.165) is 27.3 Å². The molecule has 29 heavy (non-hydrogen) atoms. The molecule has 3 aromatic rings. The van der Waals surface area contributed by atoms with Gasteiger partial charge in [-0.3, -0.25) is 18.4 Å². The van der Waals surface area contributed by atoms with Crippen LogP contribution in [-0.4, -0.2) is 15.6 Å². The van der Waals surface area contributed by atoms with Crippen molar-refractivity contribution in [3.8, 4) is 16.8 Å². The van der Waals surface area contributed by atoms with Crippen molar-refractivity contribution in [1.82, 2.24) is 3.96 Å². The Kier molecular flexibility index (Phi) is 3.94. The lowest BCUT2D eigenvalue weighted by Gasteiger charge is -2.39. The van der Waals surface area contributed by atoms with E-state index in [9.17, 15) is 9.59 Å². The standard InChI is InChI=1S/C21H14Cl2N2O2S2/c1-9-4-6-11-15-18(21(2,3)24-16(11)14(9)17(26)19(24)27)29-25(20(15)28)10-5-7-12(22)13(23)8-10/h4-8H,1-3H3. The third kappa shape index (κ3) is 2.34. The number of hydrogen-bond donors (Lipinski definition) is 0. The van der Waals surface area contributed by atoms with Crippen molar-refractivity contribution < 1.29 is 9.59 Å². The molecule has 0 unspecified atom stereocenters. The smallest absolute Gasteiger partial charge is 0.294 e. The third-order valence-corrected chi connectivity index (χ3v) is 8.27. The predicted molar refractivity (Wildman–Crippen MR) is 120 cm³/mol. The van der Waals surface area contributed by atoms with E-state index in [-0.39, 0.29) is 0 Å². The molecule has 0 saturated heterocycles. The summed E-state index contributed by atoms with van der Waals surface area (Å²) in [4.78, 5) is 28.2. The topological polar surface area (TPSA) is 42.3 Å². The number of aromatic nitrogens is 1. The number of Topliss-reactive ketones (excluding diaryl/α,β-unsaturated/α-hetero) is 1. The molecule has 0 aliphatic carbocycles. The molecule has 5 rings (SSSR count). The second kappa shape index (κ2) is 6.01. The Balaban J connectivity index is 1.87. The first-order chi connectivity index (χ1) is 13.6. The highest BCUT2D eigenvalue weighted by Gasteiger charge is 2.51. The molecule has 146 valence electrons. The number of rotatable bonds is 1. The fraction of sp³-hybridized carbons (Fsp3) is 0.190. The van der Waals surface area contributed by atoms with Gasteiger partial charge < -0.3 is 0 Å². The van der Waals surface area contributed by atoms with Gasteiger partial charge in [0.2, 0.25) is 0 Å². The second-order valence-electron chi connectivity index (χ2n) is 7.68. The van der Waals surface area contributed by atoms with Crippen molar-refractivity contribution in [2.24, 2.45) is 0 Å². The Morgan fingerprint density at radius 1 is 1.03 bits per heavy atom. The molecular formula is C21H14Cl2N2O2S2. The first kappa shape index (κ1) is 19.0. The van der Waals surface area contributed by atoms with Crippen LogP contribution in [0.15, 0.2) is 30.3 Å². The number of benzene rings is 2. The van der Waals surface area contributed by atoms with Gasteiger partial charge in [0.05, 0.1) is 37.4 Å². The molecule has 2 aliphatic rings. The lowest BCUT2D eigenvalue weighted by molar-refractivity contribution is -0.115. The molecule has 1 aromatic heterocycles. The van der Waals surface area contributed by atoms with Crippen molar-refractivity contribution in [3.05, 3.63) is 61.0 Å². The van der Waals surface area contributed by atoms with Crippen LogP contribution < -0.4 is 4.90 Å². The summed E-state index contributed by atoms with van der Waals surface area (Å²) in [5, 5.41) is 0.914. The molecule has 4 nitrogen and oxygen atoms in total. The van der Waals surface area contributed by atoms with Gasteiger partial charge in [-0.05, 0) is 44.5 Å². The quantitative estimate of drug-likeness (QED) is 0.314. The number of amides is 1. The molecule has 3 heterocycles. The van der Waals surface area contributed by atoms with Crippen LogP contribution in [0.1, 0.15) is 34.6 Å². The Bertz CT molecular complexity index is 1340. The predicted octanol–water partition coefficient (Wildman–Crippen LogP) is 6.33. The fourth-order valence-electron chi connectivity index (χ4n) is 4.17. The average Bonchev–Trinajstić information content (AvgIpc) is 3.15. The first-order valence-electron chi connectivity index (χ1n) is 8.89. The minimum absolute atomic E-state index is 0.443. The maximum Gasteiger partial charge on any atom is 0.300 e. The Morgan fingerprint density at radius 2 is 1.76 bits per heavy atom. The summed E-state index contributed by atoms with van der Waals surface area (Å²) < 4.78 is 2.54. The van der Waals surface area contributed by atoms with E-state index in [1.807, 2.05) is 42.9 Å². The van der Waals surface area contributed by atoms with Crippen LogP contribution >= 0.6 is 47.0 Å². The van der Waals surface area contributed by atoms with Crippen LogP contribution in [0, 0.1) is 11.6 Å². The lowest BCUT2D eigenvalue weighted by atomic mass is 9.87. The van der Waals surface area contributed by atoms with Crippen LogP contribution in [0.4, 0.5) is 5.69 Å². The summed E-state index contributed by atoms with van der Waals surface area (Å²) in [6.45, 7) is 5.74. The highest BCUT2D eigenvalue weighted by atomic mass is 35.5. The van der Waals surface area contributed by atoms with Crippen molar-refractivity contribution in [2.45, 2.75) is 26.3 Å². The fourth-order valence-corrected chi connectivity index (χ4v) is 6.15. The van der Waals surface area contributed by atoms with Gasteiger partial charge in [-0.1, -0.05) is 59.1 Å². The number of ketones is 1. The summed E-state index contributed by atoms with van der Waals surface area (Å²) in [6.07, 6.45) is 0. The molecule has 2 aromatic carbocycles. The van der Waals surface area contributed by atoms with E-state index < -0.39 is 17.2 Å². The summed E-state index contributed by atoms with van der Waals surface area (Å²) in [5.41, 5.74) is 3.74. The number of fused-ring (bicyclic) bond motifs is 2. The number of anilines is 1. The highest BCUT2D eigenvalue weighted by Crippen LogP contribution is 2.55. The van der Waals surface area contributed by atoms with Crippen LogP contribution in [0.5, 0.6) is 0 Å². The van der Waals surface area contributed by atoms with Gasteiger partial charge in [0, 0.05) is 11.1 Å². The number of halogens is 2. The van der Waals surface area contributed by atoms with Gasteiger partial charge in [0.25, 0.3) is 11.7 Å². The summed E-state index contributed by atoms with van der Waals surface area (Å²) >= 11 is 19.6. The van der Waals surface area contributed by atoms with Gasteiger partial charge in [-0.15, -0.1) is 0 Å². The normalized spacial score (nSPS) is 16.2.